The molecular formula is C13H10BrN3O2S. The summed E-state index contributed by atoms with van der Waals surface area (Å²) in [5.74, 6) is -1.03. The highest BCUT2D eigenvalue weighted by Gasteiger charge is 2.14. The average Bonchev–Trinajstić information content (AvgIpc) is 2.91. The molecule has 2 rings (SSSR count). The van der Waals surface area contributed by atoms with E-state index in [-0.39, 0.29) is 11.7 Å². The van der Waals surface area contributed by atoms with Crippen molar-refractivity contribution in [1.29, 1.82) is 5.26 Å². The first-order chi connectivity index (χ1) is 9.51. The number of halogens is 1. The van der Waals surface area contributed by atoms with E-state index >= 15 is 0 Å². The van der Waals surface area contributed by atoms with E-state index in [1.807, 2.05) is 6.92 Å². The molecule has 1 aromatic carbocycles. The third-order valence-corrected chi connectivity index (χ3v) is 4.27. The molecule has 0 fully saturated rings. The summed E-state index contributed by atoms with van der Waals surface area (Å²) in [6.45, 7) is 1.90. The second-order valence-corrected chi connectivity index (χ2v) is 5.79. The van der Waals surface area contributed by atoms with E-state index in [2.05, 4.69) is 32.3 Å². The molecule has 1 unspecified atom stereocenters. The van der Waals surface area contributed by atoms with Crippen molar-refractivity contribution >= 4 is 38.9 Å². The van der Waals surface area contributed by atoms with Gasteiger partial charge in [0, 0.05) is 15.5 Å². The molecule has 1 heterocycles. The molecule has 0 bridgehead atoms. The molecule has 0 saturated heterocycles. The fraction of sp³-hybridized carbons (Fsp3) is 0.154. The van der Waals surface area contributed by atoms with Gasteiger partial charge >= 0.3 is 5.97 Å². The van der Waals surface area contributed by atoms with Gasteiger partial charge in [0.05, 0.1) is 17.7 Å². The van der Waals surface area contributed by atoms with Crippen LogP contribution in [0.4, 0.5) is 5.69 Å². The van der Waals surface area contributed by atoms with E-state index < -0.39 is 5.97 Å². The zero-order valence-corrected chi connectivity index (χ0v) is 12.8. The summed E-state index contributed by atoms with van der Waals surface area (Å²) in [6.07, 6.45) is 0. The van der Waals surface area contributed by atoms with Gasteiger partial charge in [0.1, 0.15) is 5.01 Å². The van der Waals surface area contributed by atoms with Crippen molar-refractivity contribution in [3.8, 4) is 6.07 Å². The summed E-state index contributed by atoms with van der Waals surface area (Å²) < 4.78 is 0.776. The minimum atomic E-state index is -1.03. The Hall–Kier alpha value is -1.91. The van der Waals surface area contributed by atoms with Crippen LogP contribution in [-0.4, -0.2) is 16.1 Å². The van der Waals surface area contributed by atoms with E-state index in [0.717, 1.165) is 10.2 Å². The van der Waals surface area contributed by atoms with Crippen molar-refractivity contribution in [1.82, 2.24) is 4.98 Å². The number of carboxylic acids is 1. The minimum Gasteiger partial charge on any atom is -0.476 e. The summed E-state index contributed by atoms with van der Waals surface area (Å²) >= 11 is 4.69. The highest BCUT2D eigenvalue weighted by Crippen LogP contribution is 2.28. The molecule has 1 atom stereocenters. The van der Waals surface area contributed by atoms with Gasteiger partial charge in [0.2, 0.25) is 0 Å². The van der Waals surface area contributed by atoms with Crippen molar-refractivity contribution < 1.29 is 9.90 Å². The Morgan fingerprint density at radius 2 is 2.35 bits per heavy atom. The number of aromatic nitrogens is 1. The Labute approximate surface area is 128 Å². The predicted molar refractivity (Wildman–Crippen MR) is 80.0 cm³/mol. The van der Waals surface area contributed by atoms with E-state index in [0.29, 0.717) is 10.6 Å². The Kier molecular flexibility index (Phi) is 4.37. The Morgan fingerprint density at radius 1 is 1.60 bits per heavy atom. The molecule has 0 aliphatic heterocycles. The van der Waals surface area contributed by atoms with Gasteiger partial charge in [0.25, 0.3) is 0 Å². The molecule has 0 amide bonds. The van der Waals surface area contributed by atoms with Crippen LogP contribution in [0, 0.1) is 11.3 Å². The number of aromatic carboxylic acids is 1. The predicted octanol–water partition coefficient (Wildman–Crippen LogP) is 3.65. The lowest BCUT2D eigenvalue weighted by atomic mass is 10.2. The van der Waals surface area contributed by atoms with Gasteiger partial charge in [0.15, 0.2) is 5.69 Å². The summed E-state index contributed by atoms with van der Waals surface area (Å²) in [7, 11) is 0. The van der Waals surface area contributed by atoms with Crippen molar-refractivity contribution in [2.45, 2.75) is 13.0 Å². The second kappa shape index (κ2) is 6.03. The van der Waals surface area contributed by atoms with Crippen LogP contribution >= 0.6 is 27.3 Å². The number of nitriles is 1. The van der Waals surface area contributed by atoms with Crippen LogP contribution in [0.15, 0.2) is 28.1 Å². The maximum Gasteiger partial charge on any atom is 0.355 e. The smallest absolute Gasteiger partial charge is 0.355 e. The van der Waals surface area contributed by atoms with Gasteiger partial charge in [-0.15, -0.1) is 11.3 Å². The molecule has 0 aliphatic carbocycles. The molecule has 102 valence electrons. The van der Waals surface area contributed by atoms with Crippen LogP contribution in [0.3, 0.4) is 0 Å². The molecule has 2 aromatic rings. The summed E-state index contributed by atoms with van der Waals surface area (Å²) in [5.41, 5.74) is 1.44. The lowest BCUT2D eigenvalue weighted by molar-refractivity contribution is 0.0691. The highest BCUT2D eigenvalue weighted by atomic mass is 79.9. The van der Waals surface area contributed by atoms with Crippen LogP contribution in [0.1, 0.15) is 34.0 Å². The number of hydrogen-bond acceptors (Lipinski definition) is 5. The first-order valence-electron chi connectivity index (χ1n) is 5.66. The van der Waals surface area contributed by atoms with Gasteiger partial charge in [-0.05, 0) is 41.1 Å². The van der Waals surface area contributed by atoms with E-state index in [9.17, 15) is 4.79 Å². The van der Waals surface area contributed by atoms with Gasteiger partial charge in [-0.25, -0.2) is 9.78 Å². The number of thiazole rings is 1. The molecule has 5 nitrogen and oxygen atoms in total. The van der Waals surface area contributed by atoms with Crippen molar-refractivity contribution in [3.05, 3.63) is 44.3 Å². The highest BCUT2D eigenvalue weighted by molar-refractivity contribution is 9.10. The Bertz CT molecular complexity index is 693. The van der Waals surface area contributed by atoms with Gasteiger partial charge in [-0.3, -0.25) is 0 Å². The molecule has 0 saturated carbocycles. The van der Waals surface area contributed by atoms with Crippen LogP contribution in [0.25, 0.3) is 0 Å². The molecule has 0 spiro atoms. The van der Waals surface area contributed by atoms with E-state index in [1.165, 1.54) is 16.7 Å². The van der Waals surface area contributed by atoms with E-state index in [1.54, 1.807) is 18.2 Å². The van der Waals surface area contributed by atoms with Crippen molar-refractivity contribution in [2.24, 2.45) is 0 Å². The lowest BCUT2D eigenvalue weighted by Gasteiger charge is -2.14. The third kappa shape index (κ3) is 3.15. The lowest BCUT2D eigenvalue weighted by Crippen LogP contribution is -2.07. The summed E-state index contributed by atoms with van der Waals surface area (Å²) in [5, 5.41) is 23.1. The zero-order valence-electron chi connectivity index (χ0n) is 10.4. The SMILES string of the molecule is CC(Nc1ccc(C#N)cc1Br)c1nc(C(=O)O)cs1. The largest absolute Gasteiger partial charge is 0.476 e. The van der Waals surface area contributed by atoms with Gasteiger partial charge in [-0.2, -0.15) is 5.26 Å². The molecular weight excluding hydrogens is 342 g/mol. The molecule has 0 aliphatic rings. The number of nitrogens with zero attached hydrogens (tertiary/aromatic N) is 2. The normalized spacial score (nSPS) is 11.7. The Morgan fingerprint density at radius 3 is 2.90 bits per heavy atom. The summed E-state index contributed by atoms with van der Waals surface area (Å²) in [4.78, 5) is 14.9. The van der Waals surface area contributed by atoms with Gasteiger partial charge < -0.3 is 10.4 Å². The molecule has 0 radical (unpaired) electrons. The standard InChI is InChI=1S/C13H10BrN3O2S/c1-7(12-17-11(6-20-12)13(18)19)16-10-3-2-8(5-15)4-9(10)14/h2-4,6-7,16H,1H3,(H,18,19). The molecule has 7 heteroatoms. The van der Waals surface area contributed by atoms with Crippen LogP contribution in [0.2, 0.25) is 0 Å². The number of rotatable bonds is 4. The van der Waals surface area contributed by atoms with Crippen LogP contribution in [0.5, 0.6) is 0 Å². The summed E-state index contributed by atoms with van der Waals surface area (Å²) in [6, 6.07) is 7.17. The second-order valence-electron chi connectivity index (χ2n) is 4.05. The molecule has 20 heavy (non-hydrogen) atoms. The van der Waals surface area contributed by atoms with Crippen LogP contribution in [-0.2, 0) is 0 Å². The topological polar surface area (TPSA) is 86.0 Å². The van der Waals surface area contributed by atoms with E-state index in [4.69, 9.17) is 10.4 Å². The maximum atomic E-state index is 10.8. The third-order valence-electron chi connectivity index (χ3n) is 2.58. The molecule has 1 aromatic heterocycles. The van der Waals surface area contributed by atoms with Crippen LogP contribution < -0.4 is 5.32 Å². The molecule has 2 N–H and O–H groups in total. The fourth-order valence-electron chi connectivity index (χ4n) is 1.58. The van der Waals surface area contributed by atoms with Gasteiger partial charge in [-0.1, -0.05) is 0 Å². The quantitative estimate of drug-likeness (QED) is 0.877. The van der Waals surface area contributed by atoms with Crippen molar-refractivity contribution in [2.75, 3.05) is 5.32 Å². The maximum absolute atomic E-state index is 10.8. The number of anilines is 1. The fourth-order valence-corrected chi connectivity index (χ4v) is 2.87. The number of nitrogens with one attached hydrogen (secondary N) is 1. The number of carboxylic acid groups (broad SMARTS) is 1. The zero-order chi connectivity index (χ0) is 14.7. The average molecular weight is 352 g/mol. The minimum absolute atomic E-state index is 0.0533. The monoisotopic (exact) mass is 351 g/mol. The number of hydrogen-bond donors (Lipinski definition) is 2. The first-order valence-corrected chi connectivity index (χ1v) is 7.33. The Balaban J connectivity index is 2.16. The van der Waals surface area contributed by atoms with Crippen molar-refractivity contribution in [3.63, 3.8) is 0 Å². The number of benzene rings is 1. The first kappa shape index (κ1) is 14.5. The number of carbonyl (C=O) groups is 1.